The average molecular weight is 292 g/mol. The van der Waals surface area contributed by atoms with Crippen LogP contribution in [-0.2, 0) is 24.1 Å². The fourth-order valence-electron chi connectivity index (χ4n) is 2.93. The molecule has 20 heavy (non-hydrogen) atoms. The van der Waals surface area contributed by atoms with E-state index >= 15 is 0 Å². The number of methoxy groups -OCH3 is 1. The Labute approximate surface area is 122 Å². The third-order valence-electron chi connectivity index (χ3n) is 3.89. The maximum atomic E-state index is 12.9. The molecule has 0 aromatic carbocycles. The van der Waals surface area contributed by atoms with E-state index in [0.717, 1.165) is 28.9 Å². The zero-order chi connectivity index (χ0) is 14.3. The summed E-state index contributed by atoms with van der Waals surface area (Å²) in [7, 11) is 1.66. The molecule has 2 heterocycles. The van der Waals surface area contributed by atoms with Crippen LogP contribution in [0.25, 0.3) is 10.2 Å². The number of rotatable bonds is 4. The number of aryl methyl sites for hydroxylation is 2. The Kier molecular flexibility index (Phi) is 3.65. The van der Waals surface area contributed by atoms with E-state index in [2.05, 4.69) is 13.8 Å². The van der Waals surface area contributed by atoms with Gasteiger partial charge in [0.25, 0.3) is 5.56 Å². The highest BCUT2D eigenvalue weighted by atomic mass is 32.1. The number of thiophene rings is 1. The predicted molar refractivity (Wildman–Crippen MR) is 81.9 cm³/mol. The summed E-state index contributed by atoms with van der Waals surface area (Å²) in [6.45, 7) is 5.28. The normalized spacial score (nSPS) is 14.4. The average Bonchev–Trinajstić information content (AvgIpc) is 2.96. The zero-order valence-corrected chi connectivity index (χ0v) is 13.0. The van der Waals surface area contributed by atoms with Gasteiger partial charge in [-0.05, 0) is 24.8 Å². The molecule has 0 amide bonds. The number of hydrogen-bond donors (Lipinski definition) is 0. The van der Waals surface area contributed by atoms with Crippen molar-refractivity contribution in [2.24, 2.45) is 0 Å². The van der Waals surface area contributed by atoms with Crippen molar-refractivity contribution in [1.82, 2.24) is 9.55 Å². The first-order chi connectivity index (χ1) is 9.63. The van der Waals surface area contributed by atoms with Crippen LogP contribution in [0.4, 0.5) is 0 Å². The summed E-state index contributed by atoms with van der Waals surface area (Å²) < 4.78 is 6.94. The van der Waals surface area contributed by atoms with Gasteiger partial charge in [0, 0.05) is 17.9 Å². The van der Waals surface area contributed by atoms with Gasteiger partial charge in [-0.15, -0.1) is 11.3 Å². The molecule has 108 valence electrons. The van der Waals surface area contributed by atoms with Crippen molar-refractivity contribution in [2.45, 2.75) is 45.6 Å². The number of aromatic nitrogens is 2. The Morgan fingerprint density at radius 2 is 2.20 bits per heavy atom. The molecule has 2 aromatic heterocycles. The second-order valence-corrected chi connectivity index (χ2v) is 6.70. The number of hydrogen-bond acceptors (Lipinski definition) is 4. The summed E-state index contributed by atoms with van der Waals surface area (Å²) in [4.78, 5) is 19.9. The predicted octanol–water partition coefficient (Wildman–Crippen LogP) is 2.72. The topological polar surface area (TPSA) is 44.1 Å². The minimum absolute atomic E-state index is 0.121. The smallest absolute Gasteiger partial charge is 0.262 e. The summed E-state index contributed by atoms with van der Waals surface area (Å²) in [5, 5.41) is 0.864. The third kappa shape index (κ3) is 2.09. The Balaban J connectivity index is 2.25. The number of fused-ring (bicyclic) bond motifs is 3. The molecule has 1 aliphatic carbocycles. The highest BCUT2D eigenvalue weighted by Crippen LogP contribution is 2.35. The van der Waals surface area contributed by atoms with Crippen LogP contribution in [0.15, 0.2) is 4.79 Å². The van der Waals surface area contributed by atoms with Crippen LogP contribution in [0, 0.1) is 0 Å². The molecule has 5 heteroatoms. The molecule has 0 radical (unpaired) electrons. The minimum atomic E-state index is 0.121. The standard InChI is InChI=1S/C15H20N2O2S/c1-9(2)13-16-14-12(10-5-4-6-11(10)20-14)15(18)17(13)7-8-19-3/h9H,4-8H2,1-3H3. The van der Waals surface area contributed by atoms with Crippen LogP contribution in [0.2, 0.25) is 0 Å². The Morgan fingerprint density at radius 1 is 1.40 bits per heavy atom. The largest absolute Gasteiger partial charge is 0.383 e. The molecule has 2 aromatic rings. The van der Waals surface area contributed by atoms with E-state index in [1.54, 1.807) is 18.4 Å². The van der Waals surface area contributed by atoms with Gasteiger partial charge in [-0.1, -0.05) is 13.8 Å². The van der Waals surface area contributed by atoms with Crippen molar-refractivity contribution in [3.63, 3.8) is 0 Å². The SMILES string of the molecule is COCCn1c(C(C)C)nc2sc3c(c2c1=O)CCC3. The summed E-state index contributed by atoms with van der Waals surface area (Å²) in [6.07, 6.45) is 3.29. The molecule has 4 nitrogen and oxygen atoms in total. The maximum Gasteiger partial charge on any atom is 0.262 e. The Bertz CT molecular complexity index is 700. The van der Waals surface area contributed by atoms with Crippen molar-refractivity contribution in [1.29, 1.82) is 0 Å². The van der Waals surface area contributed by atoms with Gasteiger partial charge < -0.3 is 4.74 Å². The van der Waals surface area contributed by atoms with Gasteiger partial charge in [0.15, 0.2) is 0 Å². The molecule has 1 aliphatic rings. The van der Waals surface area contributed by atoms with Crippen LogP contribution < -0.4 is 5.56 Å². The monoisotopic (exact) mass is 292 g/mol. The second kappa shape index (κ2) is 5.30. The maximum absolute atomic E-state index is 12.9. The van der Waals surface area contributed by atoms with E-state index in [1.807, 2.05) is 4.57 Å². The fraction of sp³-hybridized carbons (Fsp3) is 0.600. The van der Waals surface area contributed by atoms with Gasteiger partial charge >= 0.3 is 0 Å². The van der Waals surface area contributed by atoms with E-state index in [1.165, 1.54) is 16.9 Å². The van der Waals surface area contributed by atoms with Crippen LogP contribution in [0.5, 0.6) is 0 Å². The molecule has 0 aliphatic heterocycles. The van der Waals surface area contributed by atoms with Crippen molar-refractivity contribution in [3.8, 4) is 0 Å². The molecule has 0 saturated heterocycles. The first kappa shape index (κ1) is 13.8. The van der Waals surface area contributed by atoms with E-state index in [-0.39, 0.29) is 11.5 Å². The lowest BCUT2D eigenvalue weighted by atomic mass is 10.1. The van der Waals surface area contributed by atoms with Gasteiger partial charge in [-0.3, -0.25) is 9.36 Å². The summed E-state index contributed by atoms with van der Waals surface area (Å²) in [6, 6.07) is 0. The molecule has 0 saturated carbocycles. The number of nitrogens with zero attached hydrogens (tertiary/aromatic N) is 2. The minimum Gasteiger partial charge on any atom is -0.383 e. The first-order valence-electron chi connectivity index (χ1n) is 7.17. The van der Waals surface area contributed by atoms with Crippen molar-refractivity contribution in [2.75, 3.05) is 13.7 Å². The lowest BCUT2D eigenvalue weighted by Crippen LogP contribution is -2.27. The second-order valence-electron chi connectivity index (χ2n) is 5.61. The van der Waals surface area contributed by atoms with E-state index in [9.17, 15) is 4.79 Å². The van der Waals surface area contributed by atoms with E-state index in [4.69, 9.17) is 9.72 Å². The summed E-state index contributed by atoms with van der Waals surface area (Å²) >= 11 is 1.71. The molecule has 0 spiro atoms. The molecule has 0 bridgehead atoms. The first-order valence-corrected chi connectivity index (χ1v) is 7.99. The van der Waals surface area contributed by atoms with E-state index in [0.29, 0.717) is 13.2 Å². The molecule has 0 N–H and O–H groups in total. The van der Waals surface area contributed by atoms with Gasteiger partial charge in [0.2, 0.25) is 0 Å². The molecule has 3 rings (SSSR count). The lowest BCUT2D eigenvalue weighted by molar-refractivity contribution is 0.184. The third-order valence-corrected chi connectivity index (χ3v) is 5.08. The highest BCUT2D eigenvalue weighted by molar-refractivity contribution is 7.18. The van der Waals surface area contributed by atoms with Gasteiger partial charge in [0.05, 0.1) is 18.5 Å². The van der Waals surface area contributed by atoms with Gasteiger partial charge in [0.1, 0.15) is 10.7 Å². The molecule has 0 atom stereocenters. The van der Waals surface area contributed by atoms with Gasteiger partial charge in [-0.2, -0.15) is 0 Å². The molecular weight excluding hydrogens is 272 g/mol. The summed E-state index contributed by atoms with van der Waals surface area (Å²) in [5.74, 6) is 1.11. The summed E-state index contributed by atoms with van der Waals surface area (Å²) in [5.41, 5.74) is 1.37. The quantitative estimate of drug-likeness (QED) is 0.870. The van der Waals surface area contributed by atoms with Gasteiger partial charge in [-0.25, -0.2) is 4.98 Å². The van der Waals surface area contributed by atoms with Crippen LogP contribution in [-0.4, -0.2) is 23.3 Å². The highest BCUT2D eigenvalue weighted by Gasteiger charge is 2.23. The van der Waals surface area contributed by atoms with Crippen LogP contribution >= 0.6 is 11.3 Å². The van der Waals surface area contributed by atoms with Crippen molar-refractivity contribution < 1.29 is 4.74 Å². The van der Waals surface area contributed by atoms with Crippen molar-refractivity contribution in [3.05, 3.63) is 26.6 Å². The Morgan fingerprint density at radius 3 is 2.90 bits per heavy atom. The molecule has 0 unspecified atom stereocenters. The van der Waals surface area contributed by atoms with Crippen LogP contribution in [0.1, 0.15) is 42.5 Å². The molecular formula is C15H20N2O2S. The molecule has 0 fully saturated rings. The lowest BCUT2D eigenvalue weighted by Gasteiger charge is -2.14. The van der Waals surface area contributed by atoms with E-state index < -0.39 is 0 Å². The zero-order valence-electron chi connectivity index (χ0n) is 12.2. The van der Waals surface area contributed by atoms with Crippen LogP contribution in [0.3, 0.4) is 0 Å². The number of ether oxygens (including phenoxy) is 1. The fourth-order valence-corrected chi connectivity index (χ4v) is 4.19. The Hall–Kier alpha value is -1.20. The van der Waals surface area contributed by atoms with Crippen molar-refractivity contribution >= 4 is 21.6 Å².